The summed E-state index contributed by atoms with van der Waals surface area (Å²) in [4.78, 5) is 23.6. The number of carbonyl (C=O) groups excluding carboxylic acids is 1. The van der Waals surface area contributed by atoms with Crippen molar-refractivity contribution in [2.24, 2.45) is 0 Å². The van der Waals surface area contributed by atoms with Crippen LogP contribution in [0.15, 0.2) is 0 Å². The molecule has 1 unspecified atom stereocenters. The van der Waals surface area contributed by atoms with Gasteiger partial charge in [-0.2, -0.15) is 5.26 Å². The van der Waals surface area contributed by atoms with E-state index in [4.69, 9.17) is 15.1 Å². The maximum atomic E-state index is 11.7. The monoisotopic (exact) mass is 243 g/mol. The van der Waals surface area contributed by atoms with Gasteiger partial charge in [-0.25, -0.2) is 4.79 Å². The lowest BCUT2D eigenvalue weighted by molar-refractivity contribution is -0.138. The van der Waals surface area contributed by atoms with Gasteiger partial charge in [-0.1, -0.05) is 0 Å². The van der Waals surface area contributed by atoms with Gasteiger partial charge in [0.25, 0.3) is 0 Å². The second-order valence-corrected chi connectivity index (χ2v) is 3.40. The molecule has 96 valence electrons. The molecule has 0 rings (SSSR count). The highest BCUT2D eigenvalue weighted by Crippen LogP contribution is 1.94. The minimum absolute atomic E-state index is 0.193. The van der Waals surface area contributed by atoms with E-state index in [1.165, 1.54) is 18.9 Å². The molecule has 2 amide bonds. The number of carboxylic acid groups (broad SMARTS) is 1. The summed E-state index contributed by atoms with van der Waals surface area (Å²) in [5.74, 6) is -1.11. The Kier molecular flexibility index (Phi) is 7.46. The van der Waals surface area contributed by atoms with Crippen molar-refractivity contribution in [1.82, 2.24) is 10.2 Å². The molecule has 0 bridgehead atoms. The summed E-state index contributed by atoms with van der Waals surface area (Å²) >= 11 is 0. The number of carboxylic acids is 1. The molecule has 0 aliphatic carbocycles. The standard InChI is InChI=1S/C10H17N3O4/c1-8(9(14)15)12-10(16)13(5-3-4-11)6-7-17-2/h8H,3,5-7H2,1-2H3,(H,12,16)(H,14,15). The van der Waals surface area contributed by atoms with Gasteiger partial charge in [-0.3, -0.25) is 4.79 Å². The molecule has 0 aromatic carbocycles. The maximum absolute atomic E-state index is 11.7. The third kappa shape index (κ3) is 6.37. The number of nitriles is 1. The van der Waals surface area contributed by atoms with Gasteiger partial charge >= 0.3 is 12.0 Å². The molecule has 0 aromatic heterocycles. The third-order valence-electron chi connectivity index (χ3n) is 2.06. The van der Waals surface area contributed by atoms with E-state index < -0.39 is 18.0 Å². The van der Waals surface area contributed by atoms with E-state index >= 15 is 0 Å². The van der Waals surface area contributed by atoms with Crippen LogP contribution in [0.2, 0.25) is 0 Å². The first-order valence-electron chi connectivity index (χ1n) is 5.17. The highest BCUT2D eigenvalue weighted by molar-refractivity contribution is 5.82. The van der Waals surface area contributed by atoms with E-state index in [2.05, 4.69) is 5.32 Å². The molecule has 1 atom stereocenters. The number of nitrogens with zero attached hydrogens (tertiary/aromatic N) is 2. The number of urea groups is 1. The Labute approximate surface area is 100.0 Å². The van der Waals surface area contributed by atoms with Crippen LogP contribution in [0.5, 0.6) is 0 Å². The first-order chi connectivity index (χ1) is 8.02. The first kappa shape index (κ1) is 15.2. The Morgan fingerprint density at radius 3 is 2.65 bits per heavy atom. The number of methoxy groups -OCH3 is 1. The molecule has 0 aliphatic rings. The Balaban J connectivity index is 4.30. The van der Waals surface area contributed by atoms with Crippen molar-refractivity contribution in [2.75, 3.05) is 26.8 Å². The number of hydrogen-bond donors (Lipinski definition) is 2. The fraction of sp³-hybridized carbons (Fsp3) is 0.700. The molecule has 0 fully saturated rings. The fourth-order valence-corrected chi connectivity index (χ4v) is 1.04. The molecule has 0 aromatic rings. The van der Waals surface area contributed by atoms with Crippen LogP contribution >= 0.6 is 0 Å². The van der Waals surface area contributed by atoms with Crippen molar-refractivity contribution in [3.63, 3.8) is 0 Å². The predicted octanol–water partition coefficient (Wildman–Crippen LogP) is 0.0312. The van der Waals surface area contributed by atoms with Crippen molar-refractivity contribution >= 4 is 12.0 Å². The summed E-state index contributed by atoms with van der Waals surface area (Å²) in [6, 6.07) is 0.456. The number of nitrogens with one attached hydrogen (secondary N) is 1. The van der Waals surface area contributed by atoms with Gasteiger partial charge in [0.1, 0.15) is 6.04 Å². The van der Waals surface area contributed by atoms with Gasteiger partial charge in [-0.05, 0) is 6.92 Å². The van der Waals surface area contributed by atoms with E-state index in [-0.39, 0.29) is 13.0 Å². The van der Waals surface area contributed by atoms with Gasteiger partial charge in [-0.15, -0.1) is 0 Å². The largest absolute Gasteiger partial charge is 0.480 e. The van der Waals surface area contributed by atoms with Crippen LogP contribution < -0.4 is 5.32 Å². The SMILES string of the molecule is COCCN(CCC#N)C(=O)NC(C)C(=O)O. The quantitative estimate of drug-likeness (QED) is 0.656. The normalized spacial score (nSPS) is 11.4. The molecule has 17 heavy (non-hydrogen) atoms. The van der Waals surface area contributed by atoms with Crippen molar-refractivity contribution in [2.45, 2.75) is 19.4 Å². The molecule has 0 saturated heterocycles. The zero-order chi connectivity index (χ0) is 13.3. The van der Waals surface area contributed by atoms with E-state index in [0.29, 0.717) is 13.2 Å². The van der Waals surface area contributed by atoms with Crippen molar-refractivity contribution in [3.05, 3.63) is 0 Å². The molecule has 0 spiro atoms. The van der Waals surface area contributed by atoms with E-state index in [9.17, 15) is 9.59 Å². The number of carbonyl (C=O) groups is 2. The molecular weight excluding hydrogens is 226 g/mol. The predicted molar refractivity (Wildman–Crippen MR) is 59.3 cm³/mol. The van der Waals surface area contributed by atoms with Gasteiger partial charge < -0.3 is 20.1 Å². The molecule has 0 aliphatic heterocycles. The van der Waals surface area contributed by atoms with E-state index in [1.54, 1.807) is 0 Å². The third-order valence-corrected chi connectivity index (χ3v) is 2.06. The van der Waals surface area contributed by atoms with E-state index in [1.807, 2.05) is 6.07 Å². The molecule has 7 nitrogen and oxygen atoms in total. The summed E-state index contributed by atoms with van der Waals surface area (Å²) in [7, 11) is 1.50. The smallest absolute Gasteiger partial charge is 0.325 e. The molecular formula is C10H17N3O4. The summed E-state index contributed by atoms with van der Waals surface area (Å²) < 4.78 is 4.83. The Hall–Kier alpha value is -1.81. The average molecular weight is 243 g/mol. The highest BCUT2D eigenvalue weighted by atomic mass is 16.5. The first-order valence-corrected chi connectivity index (χ1v) is 5.17. The van der Waals surface area contributed by atoms with Crippen LogP contribution in [0.1, 0.15) is 13.3 Å². The Morgan fingerprint density at radius 1 is 1.53 bits per heavy atom. The van der Waals surface area contributed by atoms with Gasteiger partial charge in [0.2, 0.25) is 0 Å². The van der Waals surface area contributed by atoms with Crippen LogP contribution in [0.4, 0.5) is 4.79 Å². The van der Waals surface area contributed by atoms with Crippen LogP contribution in [0, 0.1) is 11.3 Å². The second kappa shape index (κ2) is 8.35. The minimum atomic E-state index is -1.11. The van der Waals surface area contributed by atoms with Gasteiger partial charge in [0.05, 0.1) is 19.1 Å². The summed E-state index contributed by atoms with van der Waals surface area (Å²) in [5, 5.41) is 19.4. The van der Waals surface area contributed by atoms with E-state index in [0.717, 1.165) is 0 Å². The molecule has 0 radical (unpaired) electrons. The number of rotatable bonds is 7. The number of amides is 2. The molecule has 0 heterocycles. The lowest BCUT2D eigenvalue weighted by atomic mass is 10.3. The number of ether oxygens (including phenoxy) is 1. The second-order valence-electron chi connectivity index (χ2n) is 3.40. The Morgan fingerprint density at radius 2 is 2.18 bits per heavy atom. The van der Waals surface area contributed by atoms with Crippen LogP contribution in [0.3, 0.4) is 0 Å². The average Bonchev–Trinajstić information content (AvgIpc) is 2.28. The van der Waals surface area contributed by atoms with Gasteiger partial charge in [0, 0.05) is 20.2 Å². The summed E-state index contributed by atoms with van der Waals surface area (Å²) in [6.45, 7) is 2.27. The van der Waals surface area contributed by atoms with Crippen LogP contribution in [-0.2, 0) is 9.53 Å². The molecule has 0 saturated carbocycles. The Bertz CT molecular complexity index is 300. The van der Waals surface area contributed by atoms with Crippen molar-refractivity contribution < 1.29 is 19.4 Å². The number of hydrogen-bond acceptors (Lipinski definition) is 4. The summed E-state index contributed by atoms with van der Waals surface area (Å²) in [5.41, 5.74) is 0. The zero-order valence-corrected chi connectivity index (χ0v) is 9.97. The summed E-state index contributed by atoms with van der Waals surface area (Å²) in [6.07, 6.45) is 0.193. The lowest BCUT2D eigenvalue weighted by Crippen LogP contribution is -2.47. The number of aliphatic carboxylic acids is 1. The van der Waals surface area contributed by atoms with Crippen LogP contribution in [0.25, 0.3) is 0 Å². The van der Waals surface area contributed by atoms with Crippen molar-refractivity contribution in [3.8, 4) is 6.07 Å². The lowest BCUT2D eigenvalue weighted by Gasteiger charge is -2.22. The fourth-order valence-electron chi connectivity index (χ4n) is 1.04. The van der Waals surface area contributed by atoms with Crippen molar-refractivity contribution in [1.29, 1.82) is 5.26 Å². The molecule has 7 heteroatoms. The highest BCUT2D eigenvalue weighted by Gasteiger charge is 2.18. The zero-order valence-electron chi connectivity index (χ0n) is 9.97. The van der Waals surface area contributed by atoms with Gasteiger partial charge in [0.15, 0.2) is 0 Å². The molecule has 2 N–H and O–H groups in total. The topological polar surface area (TPSA) is 103 Å². The minimum Gasteiger partial charge on any atom is -0.480 e. The van der Waals surface area contributed by atoms with Crippen LogP contribution in [-0.4, -0.2) is 54.9 Å². The maximum Gasteiger partial charge on any atom is 0.325 e.